The van der Waals surface area contributed by atoms with Crippen LogP contribution in [0.3, 0.4) is 0 Å². The van der Waals surface area contributed by atoms with E-state index >= 15 is 0 Å². The lowest BCUT2D eigenvalue weighted by Crippen LogP contribution is -2.49. The van der Waals surface area contributed by atoms with Gasteiger partial charge in [0.25, 0.3) is 5.91 Å². The molecule has 2 atom stereocenters. The number of hydrogen-bond acceptors (Lipinski definition) is 4. The predicted octanol–water partition coefficient (Wildman–Crippen LogP) is 1.79. The van der Waals surface area contributed by atoms with E-state index in [1.807, 2.05) is 18.7 Å². The van der Waals surface area contributed by atoms with E-state index in [-0.39, 0.29) is 23.9 Å². The van der Waals surface area contributed by atoms with E-state index in [4.69, 9.17) is 0 Å². The molecule has 0 spiro atoms. The van der Waals surface area contributed by atoms with Gasteiger partial charge in [0.1, 0.15) is 5.69 Å². The van der Waals surface area contributed by atoms with Gasteiger partial charge in [0, 0.05) is 45.0 Å². The second kappa shape index (κ2) is 8.87. The number of likely N-dealkylation sites (N-methyl/N-ethyl adjacent to an activating group) is 1. The van der Waals surface area contributed by atoms with Crippen molar-refractivity contribution in [1.82, 2.24) is 24.9 Å². The Labute approximate surface area is 162 Å². The molecule has 1 aromatic rings. The van der Waals surface area contributed by atoms with Crippen molar-refractivity contribution < 1.29 is 9.59 Å². The Kier molecular flexibility index (Phi) is 6.52. The molecule has 1 aliphatic heterocycles. The number of carbonyl (C=O) groups is 2. The fourth-order valence-electron chi connectivity index (χ4n) is 4.63. The molecule has 27 heavy (non-hydrogen) atoms. The van der Waals surface area contributed by atoms with Crippen LogP contribution in [0.25, 0.3) is 0 Å². The molecule has 0 bridgehead atoms. The minimum absolute atomic E-state index is 0.00108. The van der Waals surface area contributed by atoms with Crippen LogP contribution in [0.5, 0.6) is 0 Å². The van der Waals surface area contributed by atoms with Crippen LogP contribution in [0.2, 0.25) is 0 Å². The third-order valence-electron chi connectivity index (χ3n) is 6.13. The van der Waals surface area contributed by atoms with Gasteiger partial charge in [-0.2, -0.15) is 5.10 Å². The van der Waals surface area contributed by atoms with Crippen LogP contribution < -0.4 is 5.32 Å². The number of nitrogens with one attached hydrogen (secondary N) is 1. The van der Waals surface area contributed by atoms with Gasteiger partial charge in [-0.05, 0) is 39.2 Å². The van der Waals surface area contributed by atoms with Gasteiger partial charge in [0.2, 0.25) is 5.91 Å². The highest BCUT2D eigenvalue weighted by atomic mass is 16.2. The number of aromatic nitrogens is 2. The number of amides is 2. The first-order valence-electron chi connectivity index (χ1n) is 10.4. The summed E-state index contributed by atoms with van der Waals surface area (Å²) >= 11 is 0. The zero-order valence-electron chi connectivity index (χ0n) is 16.9. The molecular weight excluding hydrogens is 342 g/mol. The summed E-state index contributed by atoms with van der Waals surface area (Å²) < 4.78 is 1.59. The maximum absolute atomic E-state index is 13.1. The van der Waals surface area contributed by atoms with Crippen LogP contribution in [0, 0.1) is 0 Å². The summed E-state index contributed by atoms with van der Waals surface area (Å²) in [6, 6.07) is 2.06. The van der Waals surface area contributed by atoms with Crippen LogP contribution in [-0.4, -0.2) is 69.2 Å². The standard InChI is InChI=1S/C20H33N5O2/c1-4-24(5-2)20(27)18-13-15(14-25(18)16-9-7-6-8-10-16)22-19(26)17-11-12-21-23(17)3/h11-12,15-16,18H,4-10,13-14H2,1-3H3,(H,22,26)/t15-,18+/m1/s1. The summed E-state index contributed by atoms with van der Waals surface area (Å²) in [6.07, 6.45) is 8.40. The van der Waals surface area contributed by atoms with Gasteiger partial charge in [0.15, 0.2) is 0 Å². The second-order valence-corrected chi connectivity index (χ2v) is 7.76. The Morgan fingerprint density at radius 3 is 2.52 bits per heavy atom. The Hall–Kier alpha value is -1.89. The monoisotopic (exact) mass is 375 g/mol. The highest BCUT2D eigenvalue weighted by Crippen LogP contribution is 2.30. The zero-order valence-corrected chi connectivity index (χ0v) is 16.9. The van der Waals surface area contributed by atoms with E-state index in [0.717, 1.165) is 32.5 Å². The number of likely N-dealkylation sites (tertiary alicyclic amines) is 1. The van der Waals surface area contributed by atoms with Gasteiger partial charge < -0.3 is 10.2 Å². The van der Waals surface area contributed by atoms with E-state index in [1.165, 1.54) is 19.3 Å². The molecule has 0 unspecified atom stereocenters. The molecule has 0 aromatic carbocycles. The van der Waals surface area contributed by atoms with Crippen LogP contribution in [0.15, 0.2) is 12.3 Å². The van der Waals surface area contributed by atoms with Crippen molar-refractivity contribution >= 4 is 11.8 Å². The molecule has 1 aliphatic carbocycles. The number of hydrogen-bond donors (Lipinski definition) is 1. The first-order valence-corrected chi connectivity index (χ1v) is 10.4. The Morgan fingerprint density at radius 2 is 1.93 bits per heavy atom. The van der Waals surface area contributed by atoms with Crippen molar-refractivity contribution in [2.45, 2.75) is 70.5 Å². The number of carbonyl (C=O) groups excluding carboxylic acids is 2. The first kappa shape index (κ1) is 19.9. The molecule has 150 valence electrons. The Balaban J connectivity index is 1.73. The van der Waals surface area contributed by atoms with Gasteiger partial charge in [-0.25, -0.2) is 0 Å². The van der Waals surface area contributed by atoms with Crippen LogP contribution in [0.4, 0.5) is 0 Å². The van der Waals surface area contributed by atoms with E-state index < -0.39 is 0 Å². The minimum atomic E-state index is -0.121. The van der Waals surface area contributed by atoms with Gasteiger partial charge in [-0.3, -0.25) is 19.2 Å². The molecule has 7 heteroatoms. The second-order valence-electron chi connectivity index (χ2n) is 7.76. The highest BCUT2D eigenvalue weighted by molar-refractivity contribution is 5.92. The lowest BCUT2D eigenvalue weighted by Gasteiger charge is -2.36. The smallest absolute Gasteiger partial charge is 0.269 e. The fraction of sp³-hybridized carbons (Fsp3) is 0.750. The van der Waals surface area contributed by atoms with E-state index in [0.29, 0.717) is 18.2 Å². The van der Waals surface area contributed by atoms with Gasteiger partial charge in [-0.1, -0.05) is 19.3 Å². The van der Waals surface area contributed by atoms with E-state index in [2.05, 4.69) is 15.3 Å². The molecule has 0 radical (unpaired) electrons. The molecule has 1 aromatic heterocycles. The lowest BCUT2D eigenvalue weighted by molar-refractivity contribution is -0.136. The topological polar surface area (TPSA) is 70.5 Å². The first-order chi connectivity index (χ1) is 13.0. The predicted molar refractivity (Wildman–Crippen MR) is 104 cm³/mol. The van der Waals surface area contributed by atoms with Crippen molar-refractivity contribution in [3.63, 3.8) is 0 Å². The minimum Gasteiger partial charge on any atom is -0.347 e. The molecule has 2 amide bonds. The van der Waals surface area contributed by atoms with Gasteiger partial charge in [-0.15, -0.1) is 0 Å². The number of nitrogens with zero attached hydrogens (tertiary/aromatic N) is 4. The summed E-state index contributed by atoms with van der Waals surface area (Å²) in [7, 11) is 1.77. The summed E-state index contributed by atoms with van der Waals surface area (Å²) in [5.41, 5.74) is 0.553. The fourth-order valence-corrected chi connectivity index (χ4v) is 4.63. The maximum atomic E-state index is 13.1. The summed E-state index contributed by atoms with van der Waals surface area (Å²) in [4.78, 5) is 30.0. The SMILES string of the molecule is CCN(CC)C(=O)[C@@H]1C[C@@H](NC(=O)c2ccnn2C)CN1C1CCCCC1. The molecule has 2 heterocycles. The third-order valence-corrected chi connectivity index (χ3v) is 6.13. The van der Waals surface area contributed by atoms with Crippen molar-refractivity contribution in [2.75, 3.05) is 19.6 Å². The third kappa shape index (κ3) is 4.34. The molecule has 1 saturated carbocycles. The highest BCUT2D eigenvalue weighted by Gasteiger charge is 2.42. The normalized spacial score (nSPS) is 24.1. The average Bonchev–Trinajstić information content (AvgIpc) is 3.29. The lowest BCUT2D eigenvalue weighted by atomic mass is 9.93. The van der Waals surface area contributed by atoms with Crippen LogP contribution in [-0.2, 0) is 11.8 Å². The molecule has 7 nitrogen and oxygen atoms in total. The molecule has 2 fully saturated rings. The summed E-state index contributed by atoms with van der Waals surface area (Å²) in [5.74, 6) is 0.0994. The molecule has 1 saturated heterocycles. The summed E-state index contributed by atoms with van der Waals surface area (Å²) in [6.45, 7) is 6.28. The van der Waals surface area contributed by atoms with E-state index in [9.17, 15) is 9.59 Å². The average molecular weight is 376 g/mol. The maximum Gasteiger partial charge on any atom is 0.269 e. The van der Waals surface area contributed by atoms with Crippen molar-refractivity contribution in [3.8, 4) is 0 Å². The van der Waals surface area contributed by atoms with Crippen molar-refractivity contribution in [1.29, 1.82) is 0 Å². The number of aryl methyl sites for hydroxylation is 1. The molecule has 3 rings (SSSR count). The quantitative estimate of drug-likeness (QED) is 0.823. The van der Waals surface area contributed by atoms with Crippen molar-refractivity contribution in [2.24, 2.45) is 7.05 Å². The molecular formula is C20H33N5O2. The molecule has 1 N–H and O–H groups in total. The largest absolute Gasteiger partial charge is 0.347 e. The zero-order chi connectivity index (χ0) is 19.4. The van der Waals surface area contributed by atoms with Gasteiger partial charge >= 0.3 is 0 Å². The number of rotatable bonds is 6. The van der Waals surface area contributed by atoms with Gasteiger partial charge in [0.05, 0.1) is 6.04 Å². The Morgan fingerprint density at radius 1 is 1.22 bits per heavy atom. The van der Waals surface area contributed by atoms with Crippen LogP contribution in [0.1, 0.15) is 62.9 Å². The molecule has 2 aliphatic rings. The van der Waals surface area contributed by atoms with Crippen molar-refractivity contribution in [3.05, 3.63) is 18.0 Å². The van der Waals surface area contributed by atoms with Crippen LogP contribution >= 0.6 is 0 Å². The van der Waals surface area contributed by atoms with E-state index in [1.54, 1.807) is 24.0 Å². The summed E-state index contributed by atoms with van der Waals surface area (Å²) in [5, 5.41) is 7.21. The Bertz CT molecular complexity index is 649.